The van der Waals surface area contributed by atoms with E-state index in [2.05, 4.69) is 28.1 Å². The monoisotopic (exact) mass is 291 g/mol. The lowest BCUT2D eigenvalue weighted by Gasteiger charge is -2.37. The Morgan fingerprint density at radius 2 is 1.95 bits per heavy atom. The smallest absolute Gasteiger partial charge is 0.146 e. The molecule has 2 fully saturated rings. The normalized spacial score (nSPS) is 20.0. The van der Waals surface area contributed by atoms with E-state index in [1.54, 1.807) is 6.07 Å². The first kappa shape index (κ1) is 14.8. The van der Waals surface area contributed by atoms with E-state index in [1.165, 1.54) is 19.3 Å². The van der Waals surface area contributed by atoms with Crippen molar-refractivity contribution in [1.29, 1.82) is 0 Å². The number of nitrogens with zero attached hydrogens (tertiary/aromatic N) is 2. The molecule has 1 saturated heterocycles. The molecule has 4 heteroatoms. The molecule has 3 rings (SSSR count). The van der Waals surface area contributed by atoms with Crippen LogP contribution in [0.1, 0.15) is 31.7 Å². The topological polar surface area (TPSA) is 18.5 Å². The molecular formula is C17H26FN3. The van der Waals surface area contributed by atoms with Gasteiger partial charge in [-0.15, -0.1) is 0 Å². The molecule has 0 amide bonds. The first-order valence-corrected chi connectivity index (χ1v) is 8.26. The van der Waals surface area contributed by atoms with Gasteiger partial charge in [-0.05, 0) is 37.4 Å². The maximum Gasteiger partial charge on any atom is 0.146 e. The molecule has 0 radical (unpaired) electrons. The molecule has 0 atom stereocenters. The van der Waals surface area contributed by atoms with Crippen molar-refractivity contribution in [2.75, 3.05) is 37.6 Å². The highest BCUT2D eigenvalue weighted by Crippen LogP contribution is 2.27. The van der Waals surface area contributed by atoms with Gasteiger partial charge in [0.05, 0.1) is 5.69 Å². The van der Waals surface area contributed by atoms with Crippen LogP contribution in [-0.4, -0.2) is 43.7 Å². The number of benzene rings is 1. The number of rotatable bonds is 6. The van der Waals surface area contributed by atoms with Crippen molar-refractivity contribution in [2.24, 2.45) is 0 Å². The predicted octanol–water partition coefficient (Wildman–Crippen LogP) is 2.61. The fourth-order valence-corrected chi connectivity index (χ4v) is 3.11. The van der Waals surface area contributed by atoms with Crippen LogP contribution < -0.4 is 10.2 Å². The third-order valence-corrected chi connectivity index (χ3v) is 4.46. The summed E-state index contributed by atoms with van der Waals surface area (Å²) < 4.78 is 14.3. The van der Waals surface area contributed by atoms with Crippen LogP contribution in [0, 0.1) is 5.82 Å². The van der Waals surface area contributed by atoms with Gasteiger partial charge in [-0.25, -0.2) is 4.39 Å². The molecule has 0 aromatic heterocycles. The van der Waals surface area contributed by atoms with Gasteiger partial charge in [-0.1, -0.05) is 19.1 Å². The van der Waals surface area contributed by atoms with Crippen molar-refractivity contribution < 1.29 is 4.39 Å². The van der Waals surface area contributed by atoms with E-state index < -0.39 is 0 Å². The number of anilines is 1. The fraction of sp³-hybridized carbons (Fsp3) is 0.647. The van der Waals surface area contributed by atoms with E-state index >= 15 is 0 Å². The molecule has 1 aliphatic heterocycles. The lowest BCUT2D eigenvalue weighted by molar-refractivity contribution is 0.257. The van der Waals surface area contributed by atoms with Crippen molar-refractivity contribution in [2.45, 2.75) is 38.8 Å². The Kier molecular flexibility index (Phi) is 4.76. The van der Waals surface area contributed by atoms with Crippen LogP contribution in [0.3, 0.4) is 0 Å². The molecule has 0 bridgehead atoms. The van der Waals surface area contributed by atoms with Gasteiger partial charge < -0.3 is 10.2 Å². The average molecular weight is 291 g/mol. The van der Waals surface area contributed by atoms with Crippen molar-refractivity contribution >= 4 is 5.69 Å². The minimum Gasteiger partial charge on any atom is -0.366 e. The van der Waals surface area contributed by atoms with E-state index in [-0.39, 0.29) is 5.82 Å². The highest BCUT2D eigenvalue weighted by atomic mass is 19.1. The Hall–Kier alpha value is -1.13. The quantitative estimate of drug-likeness (QED) is 0.869. The second kappa shape index (κ2) is 6.75. The second-order valence-corrected chi connectivity index (χ2v) is 6.23. The Morgan fingerprint density at radius 3 is 2.62 bits per heavy atom. The van der Waals surface area contributed by atoms with Crippen LogP contribution in [0.15, 0.2) is 18.2 Å². The first-order chi connectivity index (χ1) is 10.3. The van der Waals surface area contributed by atoms with E-state index in [0.29, 0.717) is 6.04 Å². The molecule has 21 heavy (non-hydrogen) atoms. The Bertz CT molecular complexity index is 465. The lowest BCUT2D eigenvalue weighted by atomic mass is 10.1. The maximum atomic E-state index is 14.3. The van der Waals surface area contributed by atoms with Gasteiger partial charge in [0.2, 0.25) is 0 Å². The van der Waals surface area contributed by atoms with Crippen molar-refractivity contribution in [3.63, 3.8) is 0 Å². The summed E-state index contributed by atoms with van der Waals surface area (Å²) in [5.74, 6) is -0.0750. The summed E-state index contributed by atoms with van der Waals surface area (Å²) in [6, 6.07) is 6.14. The van der Waals surface area contributed by atoms with Crippen LogP contribution in [0.25, 0.3) is 0 Å². The molecule has 1 heterocycles. The number of para-hydroxylation sites is 1. The van der Waals surface area contributed by atoms with Gasteiger partial charge in [0.25, 0.3) is 0 Å². The summed E-state index contributed by atoms with van der Waals surface area (Å²) in [7, 11) is 0. The zero-order chi connectivity index (χ0) is 14.7. The molecule has 116 valence electrons. The summed E-state index contributed by atoms with van der Waals surface area (Å²) in [4.78, 5) is 4.70. The molecule has 2 aliphatic rings. The average Bonchev–Trinajstić information content (AvgIpc) is 3.31. The van der Waals surface area contributed by atoms with Gasteiger partial charge >= 0.3 is 0 Å². The number of halogens is 1. The molecule has 0 unspecified atom stereocenters. The number of piperazine rings is 1. The zero-order valence-corrected chi connectivity index (χ0v) is 12.9. The Morgan fingerprint density at radius 1 is 1.19 bits per heavy atom. The molecule has 1 N–H and O–H groups in total. The minimum atomic E-state index is -0.0750. The van der Waals surface area contributed by atoms with E-state index in [0.717, 1.165) is 50.5 Å². The van der Waals surface area contributed by atoms with Gasteiger partial charge in [0, 0.05) is 38.8 Å². The standard InChI is InChI=1S/C17H26FN3/c1-2-8-20-9-11-21(12-10-20)17-14(4-3-5-16(17)18)13-19-15-6-7-15/h3-5,15,19H,2,6-13H2,1H3. The summed E-state index contributed by atoms with van der Waals surface area (Å²) in [5, 5.41) is 3.50. The molecule has 1 aliphatic carbocycles. The van der Waals surface area contributed by atoms with Crippen LogP contribution in [-0.2, 0) is 6.54 Å². The number of nitrogens with one attached hydrogen (secondary N) is 1. The van der Waals surface area contributed by atoms with Crippen LogP contribution in [0.5, 0.6) is 0 Å². The molecule has 1 aromatic carbocycles. The van der Waals surface area contributed by atoms with Gasteiger partial charge in [0.15, 0.2) is 0 Å². The van der Waals surface area contributed by atoms with Crippen LogP contribution >= 0.6 is 0 Å². The molecule has 3 nitrogen and oxygen atoms in total. The minimum absolute atomic E-state index is 0.0750. The van der Waals surface area contributed by atoms with E-state index in [9.17, 15) is 4.39 Å². The van der Waals surface area contributed by atoms with Gasteiger partial charge in [0.1, 0.15) is 5.82 Å². The van der Waals surface area contributed by atoms with E-state index in [1.807, 2.05) is 6.07 Å². The van der Waals surface area contributed by atoms with Gasteiger partial charge in [-0.2, -0.15) is 0 Å². The number of hydrogen-bond donors (Lipinski definition) is 1. The molecule has 1 aromatic rings. The fourth-order valence-electron chi connectivity index (χ4n) is 3.11. The summed E-state index contributed by atoms with van der Waals surface area (Å²) in [6.07, 6.45) is 3.72. The molecule has 0 spiro atoms. The third-order valence-electron chi connectivity index (χ3n) is 4.46. The van der Waals surface area contributed by atoms with E-state index in [4.69, 9.17) is 0 Å². The third kappa shape index (κ3) is 3.74. The first-order valence-electron chi connectivity index (χ1n) is 8.26. The predicted molar refractivity (Wildman–Crippen MR) is 85.2 cm³/mol. The second-order valence-electron chi connectivity index (χ2n) is 6.23. The summed E-state index contributed by atoms with van der Waals surface area (Å²) >= 11 is 0. The Labute approximate surface area is 127 Å². The highest BCUT2D eigenvalue weighted by Gasteiger charge is 2.24. The lowest BCUT2D eigenvalue weighted by Crippen LogP contribution is -2.47. The van der Waals surface area contributed by atoms with Crippen molar-refractivity contribution in [3.05, 3.63) is 29.6 Å². The van der Waals surface area contributed by atoms with Crippen molar-refractivity contribution in [1.82, 2.24) is 10.2 Å². The molecule has 1 saturated carbocycles. The molecular weight excluding hydrogens is 265 g/mol. The maximum absolute atomic E-state index is 14.3. The number of hydrogen-bond acceptors (Lipinski definition) is 3. The summed E-state index contributed by atoms with van der Waals surface area (Å²) in [6.45, 7) is 8.09. The zero-order valence-electron chi connectivity index (χ0n) is 12.9. The van der Waals surface area contributed by atoms with Crippen molar-refractivity contribution in [3.8, 4) is 0 Å². The van der Waals surface area contributed by atoms with Crippen LogP contribution in [0.4, 0.5) is 10.1 Å². The highest BCUT2D eigenvalue weighted by molar-refractivity contribution is 5.55. The van der Waals surface area contributed by atoms with Crippen LogP contribution in [0.2, 0.25) is 0 Å². The SMILES string of the molecule is CCCN1CCN(c2c(F)cccc2CNC2CC2)CC1. The summed E-state index contributed by atoms with van der Waals surface area (Å²) in [5.41, 5.74) is 1.92. The van der Waals surface area contributed by atoms with Gasteiger partial charge in [-0.3, -0.25) is 4.90 Å². The Balaban J connectivity index is 1.68. The largest absolute Gasteiger partial charge is 0.366 e.